The molecule has 0 aliphatic rings. The monoisotopic (exact) mass is 1590 g/mol. The smallest absolute Gasteiger partial charge is 0.144 e. The maximum Gasteiger partial charge on any atom is 0.144 e. The maximum absolute atomic E-state index is 7.13. The van der Waals surface area contributed by atoms with E-state index >= 15 is 0 Å². The van der Waals surface area contributed by atoms with Crippen LogP contribution in [0.1, 0.15) is 0 Å². The van der Waals surface area contributed by atoms with Gasteiger partial charge in [0.1, 0.15) is 28.3 Å². The molecule has 584 valence electrons. The minimum Gasteiger partial charge on any atom is -0.464 e. The van der Waals surface area contributed by atoms with Gasteiger partial charge in [0.05, 0.1) is 6.26 Å². The molecule has 0 spiro atoms. The topological polar surface area (TPSA) is 52.3 Å². The second-order valence-electron chi connectivity index (χ2n) is 32.0. The third-order valence-electron chi connectivity index (χ3n) is 25.0. The molecule has 0 saturated heterocycles. The Labute approximate surface area is 722 Å². The van der Waals surface area contributed by atoms with Gasteiger partial charge in [0.15, 0.2) is 0 Å². The highest BCUT2D eigenvalue weighted by Crippen LogP contribution is 2.54. The average Bonchev–Trinajstić information content (AvgIpc) is 1.69. The summed E-state index contributed by atoms with van der Waals surface area (Å²) in [6, 6.07) is 160. The molecule has 25 rings (SSSR count). The van der Waals surface area contributed by atoms with Gasteiger partial charge >= 0.3 is 0 Å². The van der Waals surface area contributed by atoms with Crippen molar-refractivity contribution in [1.29, 1.82) is 0 Å². The highest BCUT2D eigenvalue weighted by Gasteiger charge is 2.28. The van der Waals surface area contributed by atoms with E-state index in [1.165, 1.54) is 147 Å². The number of aromatic nitrogens is 1. The Morgan fingerprint density at radius 2 is 0.504 bits per heavy atom. The molecule has 21 aromatic carbocycles. The second-order valence-corrected chi connectivity index (χ2v) is 32.0. The fourth-order valence-electron chi connectivity index (χ4n) is 19.5. The Kier molecular flexibility index (Phi) is 18.6. The quantitative estimate of drug-likeness (QED) is 0.121. The van der Waals surface area contributed by atoms with Crippen molar-refractivity contribution < 1.29 is 13.3 Å². The molecule has 4 heterocycles. The number of hydrogen-bond donors (Lipinski definition) is 0. The zero-order valence-corrected chi connectivity index (χ0v) is 68.1. The van der Waals surface area contributed by atoms with Crippen molar-refractivity contribution in [2.45, 2.75) is 0 Å². The summed E-state index contributed by atoms with van der Waals surface area (Å²) in [7, 11) is 0. The lowest BCUT2D eigenvalue weighted by molar-refractivity contribution is 0.617. The molecule has 4 heteroatoms. The molecule has 0 radical (unpaired) electrons. The van der Waals surface area contributed by atoms with Gasteiger partial charge in [0.25, 0.3) is 0 Å². The molecule has 0 amide bonds. The zero-order valence-electron chi connectivity index (χ0n) is 68.1. The van der Waals surface area contributed by atoms with Gasteiger partial charge in [-0.2, -0.15) is 0 Å². The lowest BCUT2D eigenvalue weighted by atomic mass is 9.84. The Balaban J connectivity index is 0.000000108. The third-order valence-corrected chi connectivity index (χ3v) is 25.0. The second kappa shape index (κ2) is 31.6. The van der Waals surface area contributed by atoms with Gasteiger partial charge < -0.3 is 13.3 Å². The van der Waals surface area contributed by atoms with Gasteiger partial charge in [-0.05, 0) is 177 Å². The molecule has 4 aromatic heterocycles. The van der Waals surface area contributed by atoms with Crippen molar-refractivity contribution in [3.05, 3.63) is 468 Å². The van der Waals surface area contributed by atoms with Gasteiger partial charge in [0, 0.05) is 73.1 Å². The van der Waals surface area contributed by atoms with Crippen LogP contribution in [0.5, 0.6) is 0 Å². The predicted molar refractivity (Wildman–Crippen MR) is 526 cm³/mol. The van der Waals surface area contributed by atoms with Crippen molar-refractivity contribution in [1.82, 2.24) is 4.98 Å². The van der Waals surface area contributed by atoms with Gasteiger partial charge in [-0.25, -0.2) is 0 Å². The first-order valence-corrected chi connectivity index (χ1v) is 42.7. The SMILES string of the molecule is c1ccc(-c2c(-c3c4ccccc4c(-c4cccc5ccccc45)c4ccccc34)oc3c(-c4cccnc4)cccc23)cc1.c1ccc(-c2ccc3occ(-c4c5ccccc5c(-c5cccc6ccccc56)c5ccccc45)c3c2)cc1.c1ccc(-c2oc3ccccc3c2-c2ccc(-c3c4ccccc4c(-c4ccccc4)c4ccccc34)cc2)cc1. The van der Waals surface area contributed by atoms with E-state index in [1.54, 1.807) is 0 Å². The number of furan rings is 3. The molecule has 0 bridgehead atoms. The van der Waals surface area contributed by atoms with Crippen molar-refractivity contribution >= 4 is 119 Å². The van der Waals surface area contributed by atoms with E-state index in [0.29, 0.717) is 0 Å². The summed E-state index contributed by atoms with van der Waals surface area (Å²) >= 11 is 0. The van der Waals surface area contributed by atoms with Crippen LogP contribution in [-0.2, 0) is 0 Å². The van der Waals surface area contributed by atoms with Crippen LogP contribution in [0.15, 0.2) is 481 Å². The van der Waals surface area contributed by atoms with Crippen LogP contribution in [-0.4, -0.2) is 4.98 Å². The molecule has 0 unspecified atom stereocenters. The number of nitrogens with zero attached hydrogens (tertiary/aromatic N) is 1. The maximum atomic E-state index is 7.13. The fourth-order valence-corrected chi connectivity index (χ4v) is 19.5. The molecular weight excluding hydrogens is 1520 g/mol. The van der Waals surface area contributed by atoms with E-state index in [9.17, 15) is 0 Å². The first kappa shape index (κ1) is 73.6. The number of fused-ring (bicyclic) bond motifs is 11. The Morgan fingerprint density at radius 3 is 0.984 bits per heavy atom. The van der Waals surface area contributed by atoms with Crippen molar-refractivity contribution in [2.24, 2.45) is 0 Å². The van der Waals surface area contributed by atoms with E-state index in [-0.39, 0.29) is 0 Å². The van der Waals surface area contributed by atoms with Gasteiger partial charge in [-0.3, -0.25) is 4.98 Å². The summed E-state index contributed by atoms with van der Waals surface area (Å²) in [5, 5.41) is 23.1. The number of benzene rings is 21. The van der Waals surface area contributed by atoms with Crippen LogP contribution < -0.4 is 0 Å². The molecular formula is C121H77NO3. The standard InChI is InChI=1S/C43H27NO.C40H26O.C38H24O/c1-2-14-29(15-3-1)39-38-25-11-23-32(30-17-12-26-44-27-30)42(38)45-43(39)41-36-21-8-6-19-34(36)40(35-20-7-9-22-37(35)41)33-24-10-16-28-13-4-5-18-31(28)33;1-3-13-27(14-4-1)37-31-17-7-9-19-33(31)38(34-20-10-8-18-32(34)37)28-23-25-29(26-24-28)39-35-21-11-12-22-36(35)41-40(39)30-15-5-2-6-16-30;1-2-11-25(12-3-1)27-21-22-36-34(23-27)35(24-39-36)38-32-18-8-6-16-30(32)37(31-17-7-9-19-33(31)38)29-20-10-14-26-13-4-5-15-28(26)29/h1-27H;1-26H;1-24H. The molecule has 0 aliphatic carbocycles. The largest absolute Gasteiger partial charge is 0.464 e. The highest BCUT2D eigenvalue weighted by atomic mass is 16.3. The molecule has 4 nitrogen and oxygen atoms in total. The molecule has 0 aliphatic heterocycles. The summed E-state index contributed by atoms with van der Waals surface area (Å²) in [6.45, 7) is 0. The van der Waals surface area contributed by atoms with Gasteiger partial charge in [0.2, 0.25) is 0 Å². The Bertz CT molecular complexity index is 8260. The van der Waals surface area contributed by atoms with Crippen LogP contribution in [0.4, 0.5) is 0 Å². The molecule has 0 saturated carbocycles. The van der Waals surface area contributed by atoms with Crippen LogP contribution in [0.2, 0.25) is 0 Å². The minimum absolute atomic E-state index is 0.866. The Morgan fingerprint density at radius 1 is 0.168 bits per heavy atom. The summed E-state index contributed by atoms with van der Waals surface area (Å²) in [4.78, 5) is 4.41. The summed E-state index contributed by atoms with van der Waals surface area (Å²) < 4.78 is 19.7. The molecule has 25 aromatic rings. The van der Waals surface area contributed by atoms with Crippen LogP contribution in [0, 0.1) is 0 Å². The van der Waals surface area contributed by atoms with E-state index in [0.717, 1.165) is 94.5 Å². The number of rotatable bonds is 11. The number of hydrogen-bond acceptors (Lipinski definition) is 4. The Hall–Kier alpha value is -16.5. The number of pyridine rings is 1. The first-order valence-electron chi connectivity index (χ1n) is 42.7. The molecule has 0 atom stereocenters. The average molecular weight is 1590 g/mol. The highest BCUT2D eigenvalue weighted by molar-refractivity contribution is 6.28. The van der Waals surface area contributed by atoms with Crippen LogP contribution >= 0.6 is 0 Å². The first-order chi connectivity index (χ1) is 62.1. The summed E-state index contributed by atoms with van der Waals surface area (Å²) in [5.74, 6) is 1.78. The van der Waals surface area contributed by atoms with Crippen molar-refractivity contribution in [3.8, 4) is 123 Å². The fraction of sp³-hybridized carbons (Fsp3) is 0. The zero-order chi connectivity index (χ0) is 82.7. The van der Waals surface area contributed by atoms with Crippen LogP contribution in [0.25, 0.3) is 242 Å². The van der Waals surface area contributed by atoms with E-state index in [4.69, 9.17) is 13.3 Å². The predicted octanol–water partition coefficient (Wildman–Crippen LogP) is 34.3. The summed E-state index contributed by atoms with van der Waals surface area (Å²) in [6.07, 6.45) is 5.65. The van der Waals surface area contributed by atoms with E-state index < -0.39 is 0 Å². The minimum atomic E-state index is 0.866. The van der Waals surface area contributed by atoms with Crippen molar-refractivity contribution in [3.63, 3.8) is 0 Å². The normalized spacial score (nSPS) is 11.5. The third kappa shape index (κ3) is 12.9. The van der Waals surface area contributed by atoms with Gasteiger partial charge in [-0.1, -0.05) is 425 Å². The summed E-state index contributed by atoms with van der Waals surface area (Å²) in [5.41, 5.74) is 26.2. The molecule has 125 heavy (non-hydrogen) atoms. The number of para-hydroxylation sites is 2. The van der Waals surface area contributed by atoms with Gasteiger partial charge in [-0.15, -0.1) is 0 Å². The van der Waals surface area contributed by atoms with Crippen molar-refractivity contribution in [2.75, 3.05) is 0 Å². The lowest BCUT2D eigenvalue weighted by Crippen LogP contribution is -1.92. The lowest BCUT2D eigenvalue weighted by Gasteiger charge is -2.18. The molecule has 0 fully saturated rings. The van der Waals surface area contributed by atoms with E-state index in [1.807, 2.05) is 42.9 Å². The van der Waals surface area contributed by atoms with Crippen LogP contribution in [0.3, 0.4) is 0 Å². The molecule has 0 N–H and O–H groups in total. The van der Waals surface area contributed by atoms with E-state index in [2.05, 4.69) is 430 Å².